The van der Waals surface area contributed by atoms with Gasteiger partial charge in [0.25, 0.3) is 0 Å². The van der Waals surface area contributed by atoms with E-state index in [1.54, 1.807) is 14.0 Å². The molecule has 6 heteroatoms. The maximum absolute atomic E-state index is 12.0. The van der Waals surface area contributed by atoms with E-state index in [1.165, 1.54) is 11.0 Å². The number of carbonyl (C=O) groups excluding carboxylic acids is 1. The predicted molar refractivity (Wildman–Crippen MR) is 83.0 cm³/mol. The van der Waals surface area contributed by atoms with Gasteiger partial charge in [-0.25, -0.2) is 4.79 Å². The molecule has 1 aromatic heterocycles. The molecule has 0 saturated carbocycles. The molecule has 2 rings (SSSR count). The molecule has 1 N–H and O–H groups in total. The van der Waals surface area contributed by atoms with Crippen molar-refractivity contribution in [2.45, 2.75) is 20.1 Å². The summed E-state index contributed by atoms with van der Waals surface area (Å²) in [6.45, 7) is 2.10. The molecule has 0 radical (unpaired) electrons. The van der Waals surface area contributed by atoms with Crippen LogP contribution in [-0.4, -0.2) is 35.5 Å². The highest BCUT2D eigenvalue weighted by Gasteiger charge is 2.16. The predicted octanol–water partition coefficient (Wildman–Crippen LogP) is 2.46. The maximum atomic E-state index is 12.0. The van der Waals surface area contributed by atoms with Gasteiger partial charge in [-0.15, -0.1) is 0 Å². The lowest BCUT2D eigenvalue weighted by molar-refractivity contribution is -0.136. The summed E-state index contributed by atoms with van der Waals surface area (Å²) in [6.07, 6.45) is 0. The summed E-state index contributed by atoms with van der Waals surface area (Å²) in [4.78, 5) is 24.4. The summed E-state index contributed by atoms with van der Waals surface area (Å²) in [5.74, 6) is -0.489. The second-order valence-electron chi connectivity index (χ2n) is 5.22. The molecule has 23 heavy (non-hydrogen) atoms. The Morgan fingerprint density at radius 2 is 1.96 bits per heavy atom. The van der Waals surface area contributed by atoms with Crippen LogP contribution in [0, 0.1) is 6.92 Å². The third-order valence-electron chi connectivity index (χ3n) is 3.36. The number of benzene rings is 1. The van der Waals surface area contributed by atoms with Crippen LogP contribution in [0.2, 0.25) is 0 Å². The molecule has 0 aliphatic heterocycles. The molecule has 0 spiro atoms. The van der Waals surface area contributed by atoms with Gasteiger partial charge in [0.15, 0.2) is 0 Å². The number of aromatic carboxylic acids is 1. The summed E-state index contributed by atoms with van der Waals surface area (Å²) in [5.41, 5.74) is 1.11. The van der Waals surface area contributed by atoms with Gasteiger partial charge >= 0.3 is 5.97 Å². The van der Waals surface area contributed by atoms with E-state index < -0.39 is 5.97 Å². The number of carboxylic acids is 1. The lowest BCUT2D eigenvalue weighted by atomic mass is 10.2. The lowest BCUT2D eigenvalue weighted by Crippen LogP contribution is -2.29. The Hall–Kier alpha value is -2.60. The van der Waals surface area contributed by atoms with Gasteiger partial charge in [0.2, 0.25) is 5.91 Å². The summed E-state index contributed by atoms with van der Waals surface area (Å²) in [7, 11) is 1.62. The topological polar surface area (TPSA) is 80.0 Å². The average Bonchev–Trinajstić information content (AvgIpc) is 2.89. The van der Waals surface area contributed by atoms with E-state index >= 15 is 0 Å². The van der Waals surface area contributed by atoms with Gasteiger partial charge in [0.1, 0.15) is 23.7 Å². The van der Waals surface area contributed by atoms with E-state index in [9.17, 15) is 9.59 Å². The number of nitrogens with zero attached hydrogens (tertiary/aromatic N) is 1. The number of aryl methyl sites for hydroxylation is 1. The van der Waals surface area contributed by atoms with Crippen molar-refractivity contribution in [3.05, 3.63) is 59.0 Å². The molecule has 0 saturated heterocycles. The van der Waals surface area contributed by atoms with Crippen LogP contribution in [0.1, 0.15) is 27.4 Å². The lowest BCUT2D eigenvalue weighted by Gasteiger charge is -2.15. The van der Waals surface area contributed by atoms with Crippen LogP contribution in [0.25, 0.3) is 0 Å². The van der Waals surface area contributed by atoms with Crippen LogP contribution in [0.3, 0.4) is 0 Å². The van der Waals surface area contributed by atoms with Gasteiger partial charge in [-0.1, -0.05) is 30.3 Å². The van der Waals surface area contributed by atoms with Crippen LogP contribution >= 0.6 is 0 Å². The van der Waals surface area contributed by atoms with Gasteiger partial charge in [0, 0.05) is 7.05 Å². The van der Waals surface area contributed by atoms with Gasteiger partial charge in [-0.05, 0) is 18.6 Å². The molecule has 0 fully saturated rings. The zero-order chi connectivity index (χ0) is 16.8. The minimum atomic E-state index is -1.04. The molecule has 1 amide bonds. The number of ether oxygens (including phenoxy) is 1. The van der Waals surface area contributed by atoms with Crippen molar-refractivity contribution in [3.63, 3.8) is 0 Å². The fraction of sp³-hybridized carbons (Fsp3) is 0.294. The molecule has 0 aliphatic rings. The zero-order valence-electron chi connectivity index (χ0n) is 13.1. The number of carbonyl (C=O) groups is 2. The molecule has 0 aliphatic carbocycles. The fourth-order valence-electron chi connectivity index (χ4n) is 2.10. The first kappa shape index (κ1) is 16.8. The normalized spacial score (nSPS) is 10.5. The van der Waals surface area contributed by atoms with Crippen molar-refractivity contribution in [3.8, 4) is 0 Å². The first-order valence-electron chi connectivity index (χ1n) is 7.15. The standard InChI is InChI=1S/C17H19NO5/c1-12-15(17(20)21)8-14(23-12)9-18(2)16(19)11-22-10-13-6-4-3-5-7-13/h3-8H,9-11H2,1-2H3,(H,20,21). The van der Waals surface area contributed by atoms with Crippen molar-refractivity contribution in [2.75, 3.05) is 13.7 Å². The van der Waals surface area contributed by atoms with Crippen molar-refractivity contribution < 1.29 is 23.8 Å². The number of rotatable bonds is 7. The van der Waals surface area contributed by atoms with E-state index in [4.69, 9.17) is 14.3 Å². The minimum Gasteiger partial charge on any atom is -0.478 e. The van der Waals surface area contributed by atoms with Crippen molar-refractivity contribution in [1.82, 2.24) is 4.90 Å². The largest absolute Gasteiger partial charge is 0.478 e. The molecule has 122 valence electrons. The van der Waals surface area contributed by atoms with E-state index in [0.717, 1.165) is 5.56 Å². The molecule has 0 bridgehead atoms. The highest BCUT2D eigenvalue weighted by molar-refractivity contribution is 5.88. The van der Waals surface area contributed by atoms with E-state index in [-0.39, 0.29) is 24.6 Å². The first-order chi connectivity index (χ1) is 11.0. The molecular formula is C17H19NO5. The molecule has 1 aromatic carbocycles. The average molecular weight is 317 g/mol. The number of hydrogen-bond acceptors (Lipinski definition) is 4. The molecule has 0 atom stereocenters. The molecular weight excluding hydrogens is 298 g/mol. The minimum absolute atomic E-state index is 0.0448. The number of amides is 1. The Labute approximate surface area is 134 Å². The number of furan rings is 1. The van der Waals surface area contributed by atoms with E-state index in [2.05, 4.69) is 0 Å². The Morgan fingerprint density at radius 3 is 2.57 bits per heavy atom. The monoisotopic (exact) mass is 317 g/mol. The second kappa shape index (κ2) is 7.60. The quantitative estimate of drug-likeness (QED) is 0.848. The van der Waals surface area contributed by atoms with Gasteiger partial charge < -0.3 is 19.2 Å². The highest BCUT2D eigenvalue weighted by Crippen LogP contribution is 2.16. The molecule has 2 aromatic rings. The number of hydrogen-bond donors (Lipinski definition) is 1. The van der Waals surface area contributed by atoms with Crippen LogP contribution in [0.4, 0.5) is 0 Å². The zero-order valence-corrected chi connectivity index (χ0v) is 13.1. The number of carboxylic acid groups (broad SMARTS) is 1. The number of likely N-dealkylation sites (N-methyl/N-ethyl adjacent to an activating group) is 1. The summed E-state index contributed by atoms with van der Waals surface area (Å²) in [5, 5.41) is 8.99. The van der Waals surface area contributed by atoms with Crippen LogP contribution < -0.4 is 0 Å². The second-order valence-corrected chi connectivity index (χ2v) is 5.22. The van der Waals surface area contributed by atoms with Gasteiger partial charge in [-0.3, -0.25) is 4.79 Å². The van der Waals surface area contributed by atoms with Crippen molar-refractivity contribution in [2.24, 2.45) is 0 Å². The Kier molecular flexibility index (Phi) is 5.54. The van der Waals surface area contributed by atoms with E-state index in [0.29, 0.717) is 18.1 Å². The van der Waals surface area contributed by atoms with Crippen LogP contribution in [0.15, 0.2) is 40.8 Å². The molecule has 0 unspecified atom stereocenters. The van der Waals surface area contributed by atoms with E-state index in [1.807, 2.05) is 30.3 Å². The third kappa shape index (κ3) is 4.69. The summed E-state index contributed by atoms with van der Waals surface area (Å²) in [6, 6.07) is 11.0. The Bertz CT molecular complexity index is 678. The van der Waals surface area contributed by atoms with Gasteiger partial charge in [0.05, 0.1) is 13.2 Å². The van der Waals surface area contributed by atoms with Crippen molar-refractivity contribution in [1.29, 1.82) is 0 Å². The van der Waals surface area contributed by atoms with Crippen LogP contribution in [0.5, 0.6) is 0 Å². The fourth-order valence-corrected chi connectivity index (χ4v) is 2.10. The third-order valence-corrected chi connectivity index (χ3v) is 3.36. The molecule has 1 heterocycles. The highest BCUT2D eigenvalue weighted by atomic mass is 16.5. The van der Waals surface area contributed by atoms with Crippen molar-refractivity contribution >= 4 is 11.9 Å². The summed E-state index contributed by atoms with van der Waals surface area (Å²) >= 11 is 0. The SMILES string of the molecule is Cc1oc(CN(C)C(=O)COCc2ccccc2)cc1C(=O)O. The maximum Gasteiger partial charge on any atom is 0.339 e. The summed E-state index contributed by atoms with van der Waals surface area (Å²) < 4.78 is 10.7. The van der Waals surface area contributed by atoms with Crippen LogP contribution in [-0.2, 0) is 22.7 Å². The van der Waals surface area contributed by atoms with Gasteiger partial charge in [-0.2, -0.15) is 0 Å². The smallest absolute Gasteiger partial charge is 0.339 e. The molecule has 6 nitrogen and oxygen atoms in total. The first-order valence-corrected chi connectivity index (χ1v) is 7.15. The Balaban J connectivity index is 1.83. The Morgan fingerprint density at radius 1 is 1.26 bits per heavy atom.